The molecule has 0 radical (unpaired) electrons. The Labute approximate surface area is 125 Å². The third kappa shape index (κ3) is 3.65. The number of alkyl halides is 1. The van der Waals surface area contributed by atoms with Crippen molar-refractivity contribution in [2.45, 2.75) is 12.8 Å². The molecule has 6 heteroatoms. The van der Waals surface area contributed by atoms with Gasteiger partial charge in [-0.25, -0.2) is 4.98 Å². The number of thiophene rings is 1. The standard InChI is InChI=1S/C14H13ClN2O2S/c15-7-1-6-12(18)17-14-10(4-2-8-16-14)13(19)11-5-3-9-20-11/h2-5,8-9H,1,6-7H2,(H,16,17,18). The fourth-order valence-corrected chi connectivity index (χ4v) is 2.46. The lowest BCUT2D eigenvalue weighted by Crippen LogP contribution is -2.15. The van der Waals surface area contributed by atoms with E-state index >= 15 is 0 Å². The molecule has 2 aromatic heterocycles. The van der Waals surface area contributed by atoms with E-state index in [9.17, 15) is 9.59 Å². The molecule has 2 heterocycles. The lowest BCUT2D eigenvalue weighted by atomic mass is 10.1. The normalized spacial score (nSPS) is 10.2. The lowest BCUT2D eigenvalue weighted by Gasteiger charge is -2.08. The van der Waals surface area contributed by atoms with Crippen LogP contribution in [0.2, 0.25) is 0 Å². The van der Waals surface area contributed by atoms with Gasteiger partial charge in [0, 0.05) is 18.5 Å². The number of amides is 1. The van der Waals surface area contributed by atoms with Crippen LogP contribution in [-0.4, -0.2) is 22.6 Å². The molecule has 0 aliphatic rings. The molecule has 4 nitrogen and oxygen atoms in total. The molecule has 104 valence electrons. The van der Waals surface area contributed by atoms with Crippen LogP contribution in [0.4, 0.5) is 5.82 Å². The maximum Gasteiger partial charge on any atom is 0.225 e. The summed E-state index contributed by atoms with van der Waals surface area (Å²) in [6.07, 6.45) is 2.45. The lowest BCUT2D eigenvalue weighted by molar-refractivity contribution is -0.116. The second-order valence-corrected chi connectivity index (χ2v) is 5.37. The summed E-state index contributed by atoms with van der Waals surface area (Å²) in [6.45, 7) is 0. The topological polar surface area (TPSA) is 59.1 Å². The van der Waals surface area contributed by atoms with Gasteiger partial charge in [0.05, 0.1) is 10.4 Å². The molecule has 0 saturated carbocycles. The van der Waals surface area contributed by atoms with Crippen LogP contribution in [0.25, 0.3) is 0 Å². The molecule has 0 aromatic carbocycles. The van der Waals surface area contributed by atoms with Gasteiger partial charge in [0.1, 0.15) is 5.82 Å². The van der Waals surface area contributed by atoms with E-state index in [1.807, 2.05) is 11.4 Å². The van der Waals surface area contributed by atoms with Crippen LogP contribution >= 0.6 is 22.9 Å². The monoisotopic (exact) mass is 308 g/mol. The number of pyridine rings is 1. The molecular weight excluding hydrogens is 296 g/mol. The minimum absolute atomic E-state index is 0.138. The molecule has 2 rings (SSSR count). The fourth-order valence-electron chi connectivity index (χ4n) is 1.65. The molecule has 0 bridgehead atoms. The van der Waals surface area contributed by atoms with Crippen molar-refractivity contribution in [1.29, 1.82) is 0 Å². The molecule has 0 fully saturated rings. The largest absolute Gasteiger partial charge is 0.310 e. The predicted octanol–water partition coefficient (Wildman–Crippen LogP) is 3.33. The molecule has 0 aliphatic carbocycles. The molecule has 1 N–H and O–H groups in total. The van der Waals surface area contributed by atoms with Crippen molar-refractivity contribution >= 4 is 40.4 Å². The highest BCUT2D eigenvalue weighted by atomic mass is 35.5. The van der Waals surface area contributed by atoms with Gasteiger partial charge in [-0.1, -0.05) is 6.07 Å². The Hall–Kier alpha value is -1.72. The van der Waals surface area contributed by atoms with Gasteiger partial charge in [-0.3, -0.25) is 9.59 Å². The average Bonchev–Trinajstić information content (AvgIpc) is 2.99. The Balaban J connectivity index is 2.18. The van der Waals surface area contributed by atoms with Crippen LogP contribution < -0.4 is 5.32 Å². The number of ketones is 1. The highest BCUT2D eigenvalue weighted by molar-refractivity contribution is 7.12. The number of carbonyl (C=O) groups is 2. The molecule has 2 aromatic rings. The molecule has 0 atom stereocenters. The van der Waals surface area contributed by atoms with Crippen LogP contribution in [0.5, 0.6) is 0 Å². The van der Waals surface area contributed by atoms with Gasteiger partial charge in [-0.2, -0.15) is 0 Å². The minimum Gasteiger partial charge on any atom is -0.310 e. The van der Waals surface area contributed by atoms with Gasteiger partial charge in [0.2, 0.25) is 11.7 Å². The maximum absolute atomic E-state index is 12.3. The Morgan fingerprint density at radius 1 is 1.30 bits per heavy atom. The van der Waals surface area contributed by atoms with Crippen molar-refractivity contribution in [3.8, 4) is 0 Å². The number of anilines is 1. The highest BCUT2D eigenvalue weighted by Gasteiger charge is 2.16. The first-order valence-electron chi connectivity index (χ1n) is 6.11. The van der Waals surface area contributed by atoms with E-state index in [2.05, 4.69) is 10.3 Å². The zero-order valence-electron chi connectivity index (χ0n) is 10.6. The van der Waals surface area contributed by atoms with E-state index in [-0.39, 0.29) is 11.7 Å². The number of aromatic nitrogens is 1. The third-order valence-electron chi connectivity index (χ3n) is 2.59. The number of nitrogens with zero attached hydrogens (tertiary/aromatic N) is 1. The molecular formula is C14H13ClN2O2S. The van der Waals surface area contributed by atoms with Crippen LogP contribution in [0.15, 0.2) is 35.8 Å². The van der Waals surface area contributed by atoms with Crippen molar-refractivity contribution < 1.29 is 9.59 Å². The molecule has 0 unspecified atom stereocenters. The summed E-state index contributed by atoms with van der Waals surface area (Å²) in [5.74, 6) is 0.396. The third-order valence-corrected chi connectivity index (χ3v) is 3.73. The first-order chi connectivity index (χ1) is 9.72. The van der Waals surface area contributed by atoms with Crippen LogP contribution in [-0.2, 0) is 4.79 Å². The molecule has 0 aliphatic heterocycles. The SMILES string of the molecule is O=C(CCCCl)Nc1ncccc1C(=O)c1cccs1. The number of rotatable bonds is 6. The highest BCUT2D eigenvalue weighted by Crippen LogP contribution is 2.20. The number of nitrogens with one attached hydrogen (secondary N) is 1. The maximum atomic E-state index is 12.3. The summed E-state index contributed by atoms with van der Waals surface area (Å²) in [5.41, 5.74) is 0.397. The quantitative estimate of drug-likeness (QED) is 0.658. The van der Waals surface area contributed by atoms with Crippen molar-refractivity contribution in [1.82, 2.24) is 4.98 Å². The van der Waals surface area contributed by atoms with Gasteiger partial charge < -0.3 is 5.32 Å². The summed E-state index contributed by atoms with van der Waals surface area (Å²) < 4.78 is 0. The van der Waals surface area contributed by atoms with Crippen molar-refractivity contribution in [3.63, 3.8) is 0 Å². The van der Waals surface area contributed by atoms with E-state index < -0.39 is 0 Å². The van der Waals surface area contributed by atoms with E-state index in [1.165, 1.54) is 11.3 Å². The zero-order chi connectivity index (χ0) is 14.4. The van der Waals surface area contributed by atoms with Crippen molar-refractivity contribution in [2.24, 2.45) is 0 Å². The number of halogens is 1. The van der Waals surface area contributed by atoms with Gasteiger partial charge in [-0.05, 0) is 30.0 Å². The summed E-state index contributed by atoms with van der Waals surface area (Å²) in [5, 5.41) is 4.50. The second-order valence-electron chi connectivity index (χ2n) is 4.05. The first kappa shape index (κ1) is 14.7. The van der Waals surface area contributed by atoms with Crippen molar-refractivity contribution in [2.75, 3.05) is 11.2 Å². The van der Waals surface area contributed by atoms with Crippen LogP contribution in [0.1, 0.15) is 28.1 Å². The van der Waals surface area contributed by atoms with Gasteiger partial charge in [-0.15, -0.1) is 22.9 Å². The zero-order valence-corrected chi connectivity index (χ0v) is 12.2. The van der Waals surface area contributed by atoms with Crippen molar-refractivity contribution in [3.05, 3.63) is 46.3 Å². The van der Waals surface area contributed by atoms with Crippen LogP contribution in [0.3, 0.4) is 0 Å². The first-order valence-corrected chi connectivity index (χ1v) is 7.53. The average molecular weight is 309 g/mol. The van der Waals surface area contributed by atoms with Gasteiger partial charge in [0.25, 0.3) is 0 Å². The smallest absolute Gasteiger partial charge is 0.225 e. The Bertz CT molecular complexity index is 599. The fraction of sp³-hybridized carbons (Fsp3) is 0.214. The number of hydrogen-bond donors (Lipinski definition) is 1. The summed E-state index contributed by atoms with van der Waals surface area (Å²) in [4.78, 5) is 28.7. The molecule has 0 saturated heterocycles. The van der Waals surface area contributed by atoms with Crippen LogP contribution in [0, 0.1) is 0 Å². The second kappa shape index (κ2) is 7.17. The molecule has 0 spiro atoms. The van der Waals surface area contributed by atoms with E-state index in [0.717, 1.165) is 0 Å². The van der Waals surface area contributed by atoms with E-state index in [0.29, 0.717) is 35.0 Å². The summed E-state index contributed by atoms with van der Waals surface area (Å²) in [6, 6.07) is 6.90. The van der Waals surface area contributed by atoms with Gasteiger partial charge >= 0.3 is 0 Å². The Morgan fingerprint density at radius 2 is 2.15 bits per heavy atom. The molecule has 20 heavy (non-hydrogen) atoms. The number of hydrogen-bond acceptors (Lipinski definition) is 4. The predicted molar refractivity (Wildman–Crippen MR) is 80.6 cm³/mol. The van der Waals surface area contributed by atoms with Gasteiger partial charge in [0.15, 0.2) is 0 Å². The summed E-state index contributed by atoms with van der Waals surface area (Å²) >= 11 is 6.91. The van der Waals surface area contributed by atoms with E-state index in [4.69, 9.17) is 11.6 Å². The summed E-state index contributed by atoms with van der Waals surface area (Å²) in [7, 11) is 0. The minimum atomic E-state index is -0.190. The number of carbonyl (C=O) groups excluding carboxylic acids is 2. The molecule has 1 amide bonds. The Kier molecular flexibility index (Phi) is 5.26. The van der Waals surface area contributed by atoms with E-state index in [1.54, 1.807) is 24.4 Å². The Morgan fingerprint density at radius 3 is 2.85 bits per heavy atom.